The molecule has 0 aliphatic heterocycles. The molecule has 2 rings (SSSR count). The summed E-state index contributed by atoms with van der Waals surface area (Å²) in [5, 5.41) is 20.5. The fourth-order valence-electron chi connectivity index (χ4n) is 2.61. The molecule has 1 aromatic rings. The van der Waals surface area contributed by atoms with E-state index in [4.69, 9.17) is 10.9 Å². The van der Waals surface area contributed by atoms with Crippen LogP contribution in [0.3, 0.4) is 0 Å². The average molecular weight is 383 g/mol. The summed E-state index contributed by atoms with van der Waals surface area (Å²) in [6, 6.07) is 5.40. The van der Waals surface area contributed by atoms with E-state index in [0.29, 0.717) is 11.1 Å². The summed E-state index contributed by atoms with van der Waals surface area (Å²) in [6.07, 6.45) is 0.886. The first-order valence-electron chi connectivity index (χ1n) is 8.87. The number of nitrogens with one attached hydrogen (secondary N) is 2. The van der Waals surface area contributed by atoms with Crippen molar-refractivity contribution in [3.05, 3.63) is 35.4 Å². The Hall–Kier alpha value is -2.84. The molecule has 6 N–H and O–H groups in total. The smallest absolute Gasteiger partial charge is 0.267 e. The topological polar surface area (TPSA) is 125 Å². The third kappa shape index (κ3) is 5.34. The summed E-state index contributed by atoms with van der Waals surface area (Å²) in [6.45, 7) is 5.25. The third-order valence-electron chi connectivity index (χ3n) is 4.77. The summed E-state index contributed by atoms with van der Waals surface area (Å²) >= 11 is 0. The minimum Gasteiger partial charge on any atom is -0.396 e. The van der Waals surface area contributed by atoms with Crippen LogP contribution in [0.1, 0.15) is 43.1 Å². The van der Waals surface area contributed by atoms with Gasteiger partial charge in [-0.2, -0.15) is 0 Å². The minimum atomic E-state index is -1.10. The maximum atomic E-state index is 12.4. The maximum absolute atomic E-state index is 12.4. The molecule has 1 aliphatic rings. The van der Waals surface area contributed by atoms with Gasteiger partial charge in [0.1, 0.15) is 6.04 Å². The fraction of sp³-hybridized carbons (Fsp3) is 0.429. The number of hydrogen-bond donors (Lipinski definition) is 5. The van der Waals surface area contributed by atoms with Crippen LogP contribution in [0.5, 0.6) is 0 Å². The molecule has 3 atom stereocenters. The fourth-order valence-corrected chi connectivity index (χ4v) is 2.61. The Morgan fingerprint density at radius 3 is 2.46 bits per heavy atom. The summed E-state index contributed by atoms with van der Waals surface area (Å²) in [7, 11) is 0. The molecule has 1 saturated carbocycles. The van der Waals surface area contributed by atoms with Crippen molar-refractivity contribution in [3.8, 4) is 23.7 Å². The van der Waals surface area contributed by atoms with Crippen LogP contribution in [0.25, 0.3) is 0 Å². The Labute approximate surface area is 164 Å². The highest BCUT2D eigenvalue weighted by atomic mass is 16.5. The SMILES string of the molecule is CC(C)(N)C(NC(=O)c1ccc(C#CC#C[C@@H]2C[C@@]2(C)CO)cc1)C(=O)NO. The molecule has 0 aromatic heterocycles. The predicted molar refractivity (Wildman–Crippen MR) is 104 cm³/mol. The first-order valence-corrected chi connectivity index (χ1v) is 8.87. The van der Waals surface area contributed by atoms with Crippen LogP contribution in [-0.2, 0) is 4.79 Å². The van der Waals surface area contributed by atoms with Crippen molar-refractivity contribution in [2.75, 3.05) is 6.61 Å². The van der Waals surface area contributed by atoms with E-state index in [9.17, 15) is 14.7 Å². The van der Waals surface area contributed by atoms with E-state index in [0.717, 1.165) is 6.42 Å². The van der Waals surface area contributed by atoms with Gasteiger partial charge >= 0.3 is 0 Å². The van der Waals surface area contributed by atoms with E-state index in [1.807, 2.05) is 6.92 Å². The quantitative estimate of drug-likeness (QED) is 0.286. The molecular weight excluding hydrogens is 358 g/mol. The number of rotatable bonds is 5. The summed E-state index contributed by atoms with van der Waals surface area (Å²) in [5.74, 6) is 10.4. The van der Waals surface area contributed by atoms with Gasteiger partial charge in [-0.05, 0) is 56.4 Å². The molecule has 148 valence electrons. The molecule has 1 aliphatic carbocycles. The van der Waals surface area contributed by atoms with Crippen LogP contribution in [0.15, 0.2) is 24.3 Å². The average Bonchev–Trinajstić information content (AvgIpc) is 3.32. The van der Waals surface area contributed by atoms with Gasteiger partial charge in [0.2, 0.25) is 0 Å². The molecule has 7 nitrogen and oxygen atoms in total. The molecule has 0 heterocycles. The van der Waals surface area contributed by atoms with Crippen LogP contribution < -0.4 is 16.5 Å². The summed E-state index contributed by atoms with van der Waals surface area (Å²) < 4.78 is 0. The molecule has 0 spiro atoms. The van der Waals surface area contributed by atoms with Gasteiger partial charge in [0.05, 0.1) is 0 Å². The lowest BCUT2D eigenvalue weighted by atomic mass is 9.95. The van der Waals surface area contributed by atoms with Gasteiger partial charge in [-0.3, -0.25) is 14.8 Å². The Kier molecular flexibility index (Phi) is 6.48. The van der Waals surface area contributed by atoms with Crippen LogP contribution in [-0.4, -0.2) is 40.3 Å². The van der Waals surface area contributed by atoms with Crippen molar-refractivity contribution in [1.29, 1.82) is 0 Å². The van der Waals surface area contributed by atoms with Crippen LogP contribution >= 0.6 is 0 Å². The molecular formula is C21H25N3O4. The second-order valence-electron chi connectivity index (χ2n) is 7.87. The van der Waals surface area contributed by atoms with E-state index in [1.54, 1.807) is 38.1 Å². The number of hydroxylamine groups is 1. The van der Waals surface area contributed by atoms with Gasteiger partial charge in [0, 0.05) is 34.6 Å². The van der Waals surface area contributed by atoms with Gasteiger partial charge in [-0.25, -0.2) is 5.48 Å². The summed E-state index contributed by atoms with van der Waals surface area (Å²) in [5.41, 5.74) is 7.26. The number of carbonyl (C=O) groups is 2. The Bertz CT molecular complexity index is 865. The van der Waals surface area contributed by atoms with Gasteiger partial charge in [-0.15, -0.1) is 0 Å². The highest BCUT2D eigenvalue weighted by molar-refractivity contribution is 5.97. The van der Waals surface area contributed by atoms with Crippen LogP contribution in [0.4, 0.5) is 0 Å². The molecule has 7 heteroatoms. The molecule has 2 amide bonds. The molecule has 0 bridgehead atoms. The molecule has 0 saturated heterocycles. The molecule has 28 heavy (non-hydrogen) atoms. The molecule has 1 unspecified atom stereocenters. The van der Waals surface area contributed by atoms with Crippen molar-refractivity contribution in [1.82, 2.24) is 10.8 Å². The minimum absolute atomic E-state index is 0.0907. The van der Waals surface area contributed by atoms with E-state index in [2.05, 4.69) is 29.0 Å². The highest BCUT2D eigenvalue weighted by Crippen LogP contribution is 2.51. The summed E-state index contributed by atoms with van der Waals surface area (Å²) in [4.78, 5) is 24.1. The van der Waals surface area contributed by atoms with E-state index in [-0.39, 0.29) is 17.9 Å². The van der Waals surface area contributed by atoms with Crippen LogP contribution in [0.2, 0.25) is 0 Å². The number of amides is 2. The molecule has 0 radical (unpaired) electrons. The Balaban J connectivity index is 2.01. The van der Waals surface area contributed by atoms with Crippen molar-refractivity contribution >= 4 is 11.8 Å². The Morgan fingerprint density at radius 2 is 1.96 bits per heavy atom. The first-order chi connectivity index (χ1) is 13.1. The third-order valence-corrected chi connectivity index (χ3v) is 4.77. The Morgan fingerprint density at radius 1 is 1.32 bits per heavy atom. The zero-order valence-electron chi connectivity index (χ0n) is 16.2. The lowest BCUT2D eigenvalue weighted by molar-refractivity contribution is -0.132. The molecule has 1 fully saturated rings. The zero-order chi connectivity index (χ0) is 20.9. The van der Waals surface area contributed by atoms with Gasteiger partial charge in [0.25, 0.3) is 11.8 Å². The van der Waals surface area contributed by atoms with Gasteiger partial charge in [0.15, 0.2) is 0 Å². The van der Waals surface area contributed by atoms with Gasteiger partial charge in [-0.1, -0.05) is 18.8 Å². The van der Waals surface area contributed by atoms with Crippen molar-refractivity contribution in [3.63, 3.8) is 0 Å². The number of benzene rings is 1. The van der Waals surface area contributed by atoms with Gasteiger partial charge < -0.3 is 16.2 Å². The lowest BCUT2D eigenvalue weighted by Crippen LogP contribution is -2.61. The van der Waals surface area contributed by atoms with Crippen LogP contribution in [0, 0.1) is 35.0 Å². The van der Waals surface area contributed by atoms with Crippen molar-refractivity contribution < 1.29 is 19.9 Å². The maximum Gasteiger partial charge on any atom is 0.267 e. The number of aliphatic hydroxyl groups excluding tert-OH is 1. The van der Waals surface area contributed by atoms with Crippen molar-refractivity contribution in [2.24, 2.45) is 17.1 Å². The zero-order valence-corrected chi connectivity index (χ0v) is 16.2. The first kappa shape index (κ1) is 21.5. The highest BCUT2D eigenvalue weighted by Gasteiger charge is 2.48. The normalized spacial score (nSPS) is 21.3. The predicted octanol–water partition coefficient (Wildman–Crippen LogP) is 0.401. The number of hydrogen-bond acceptors (Lipinski definition) is 5. The standard InChI is InChI=1S/C21H25N3O4/c1-20(2,22)17(19(27)24-28)23-18(26)15-10-8-14(9-11-15)6-4-5-7-16-12-21(16,3)13-25/h8-11,16-17,25,28H,12-13,22H2,1-3H3,(H,23,26)(H,24,27)/t16-,17?,21+/m1/s1. The van der Waals surface area contributed by atoms with Crippen molar-refractivity contribution in [2.45, 2.75) is 38.8 Å². The number of aliphatic hydroxyl groups is 1. The molecule has 1 aromatic carbocycles. The monoisotopic (exact) mass is 383 g/mol. The second-order valence-corrected chi connectivity index (χ2v) is 7.87. The van der Waals surface area contributed by atoms with E-state index >= 15 is 0 Å². The van der Waals surface area contributed by atoms with E-state index < -0.39 is 23.4 Å². The number of carbonyl (C=O) groups excluding carboxylic acids is 2. The number of nitrogens with two attached hydrogens (primary N) is 1. The lowest BCUT2D eigenvalue weighted by Gasteiger charge is -2.29. The van der Waals surface area contributed by atoms with E-state index in [1.165, 1.54) is 5.48 Å². The largest absolute Gasteiger partial charge is 0.396 e. The second kappa shape index (κ2) is 8.45.